The number of benzene rings is 1. The predicted molar refractivity (Wildman–Crippen MR) is 84.7 cm³/mol. The summed E-state index contributed by atoms with van der Waals surface area (Å²) in [7, 11) is 1.50. The molecule has 22 heavy (non-hydrogen) atoms. The van der Waals surface area contributed by atoms with Gasteiger partial charge >= 0.3 is 0 Å². The second-order valence-corrected chi connectivity index (χ2v) is 6.04. The van der Waals surface area contributed by atoms with E-state index in [2.05, 4.69) is 26.8 Å². The highest BCUT2D eigenvalue weighted by Crippen LogP contribution is 2.38. The van der Waals surface area contributed by atoms with Crippen LogP contribution in [0.4, 0.5) is 0 Å². The van der Waals surface area contributed by atoms with Crippen molar-refractivity contribution in [2.45, 2.75) is 20.3 Å². The summed E-state index contributed by atoms with van der Waals surface area (Å²) in [6, 6.07) is 3.19. The van der Waals surface area contributed by atoms with Crippen LogP contribution in [0.5, 0.6) is 11.5 Å². The van der Waals surface area contributed by atoms with Crippen LogP contribution in [-0.4, -0.2) is 25.5 Å². The van der Waals surface area contributed by atoms with E-state index in [1.807, 2.05) is 13.8 Å². The van der Waals surface area contributed by atoms with E-state index in [1.165, 1.54) is 7.11 Å². The van der Waals surface area contributed by atoms with Gasteiger partial charge in [0.15, 0.2) is 11.5 Å². The molecule has 1 aliphatic carbocycles. The summed E-state index contributed by atoms with van der Waals surface area (Å²) in [6.07, 6.45) is 0.865. The lowest BCUT2D eigenvalue weighted by molar-refractivity contribution is -0.123. The largest absolute Gasteiger partial charge is 0.493 e. The van der Waals surface area contributed by atoms with E-state index in [1.54, 1.807) is 12.1 Å². The molecule has 1 saturated carbocycles. The molecule has 0 saturated heterocycles. The van der Waals surface area contributed by atoms with E-state index in [0.29, 0.717) is 34.1 Å². The molecule has 120 valence electrons. The number of nitrogens with one attached hydrogen (secondary N) is 2. The van der Waals surface area contributed by atoms with Crippen molar-refractivity contribution < 1.29 is 19.1 Å². The van der Waals surface area contributed by atoms with Crippen LogP contribution >= 0.6 is 15.9 Å². The topological polar surface area (TPSA) is 76.7 Å². The second-order valence-electron chi connectivity index (χ2n) is 5.19. The molecule has 2 amide bonds. The Balaban J connectivity index is 2.06. The molecule has 0 spiro atoms. The van der Waals surface area contributed by atoms with Crippen molar-refractivity contribution in [1.82, 2.24) is 10.9 Å². The van der Waals surface area contributed by atoms with Crippen molar-refractivity contribution in [3.8, 4) is 11.5 Å². The molecule has 2 atom stereocenters. The summed E-state index contributed by atoms with van der Waals surface area (Å²) in [6.45, 7) is 4.34. The first-order valence-corrected chi connectivity index (χ1v) is 7.87. The van der Waals surface area contributed by atoms with Crippen molar-refractivity contribution in [2.75, 3.05) is 13.7 Å². The molecule has 0 aromatic heterocycles. The first-order chi connectivity index (χ1) is 10.5. The monoisotopic (exact) mass is 370 g/mol. The summed E-state index contributed by atoms with van der Waals surface area (Å²) < 4.78 is 11.3. The smallest absolute Gasteiger partial charge is 0.269 e. The number of ether oxygens (including phenoxy) is 2. The minimum Gasteiger partial charge on any atom is -0.493 e. The van der Waals surface area contributed by atoms with Gasteiger partial charge in [0.05, 0.1) is 18.2 Å². The highest BCUT2D eigenvalue weighted by atomic mass is 79.9. The number of amides is 2. The zero-order valence-electron chi connectivity index (χ0n) is 12.7. The van der Waals surface area contributed by atoms with Gasteiger partial charge in [-0.3, -0.25) is 20.4 Å². The number of carbonyl (C=O) groups excluding carboxylic acids is 2. The maximum absolute atomic E-state index is 12.1. The van der Waals surface area contributed by atoms with Gasteiger partial charge in [-0.1, -0.05) is 6.92 Å². The lowest BCUT2D eigenvalue weighted by Gasteiger charge is -2.13. The quantitative estimate of drug-likeness (QED) is 0.779. The molecule has 1 fully saturated rings. The highest BCUT2D eigenvalue weighted by molar-refractivity contribution is 9.10. The Morgan fingerprint density at radius 2 is 2.05 bits per heavy atom. The van der Waals surface area contributed by atoms with E-state index in [-0.39, 0.29) is 11.8 Å². The fourth-order valence-corrected chi connectivity index (χ4v) is 2.66. The Bertz CT molecular complexity index is 591. The third-order valence-corrected chi connectivity index (χ3v) is 4.11. The van der Waals surface area contributed by atoms with Crippen molar-refractivity contribution in [2.24, 2.45) is 11.8 Å². The number of hydrogen-bond acceptors (Lipinski definition) is 4. The van der Waals surface area contributed by atoms with Gasteiger partial charge < -0.3 is 9.47 Å². The molecule has 0 aliphatic heterocycles. The fraction of sp³-hybridized carbons (Fsp3) is 0.467. The lowest BCUT2D eigenvalue weighted by atomic mass is 10.2. The minimum absolute atomic E-state index is 0.00176. The Kier molecular flexibility index (Phi) is 5.28. The third-order valence-electron chi connectivity index (χ3n) is 3.53. The molecule has 0 radical (unpaired) electrons. The Morgan fingerprint density at radius 3 is 2.59 bits per heavy atom. The number of rotatable bonds is 5. The predicted octanol–water partition coefficient (Wildman–Crippen LogP) is 2.27. The zero-order valence-corrected chi connectivity index (χ0v) is 14.3. The lowest BCUT2D eigenvalue weighted by Crippen LogP contribution is -2.42. The molecule has 7 heteroatoms. The first-order valence-electron chi connectivity index (χ1n) is 7.08. The molecule has 1 aromatic carbocycles. The van der Waals surface area contributed by atoms with Crippen LogP contribution in [-0.2, 0) is 4.79 Å². The van der Waals surface area contributed by atoms with Crippen LogP contribution in [0, 0.1) is 11.8 Å². The van der Waals surface area contributed by atoms with E-state index < -0.39 is 5.91 Å². The van der Waals surface area contributed by atoms with E-state index >= 15 is 0 Å². The summed E-state index contributed by atoms with van der Waals surface area (Å²) in [4.78, 5) is 23.8. The van der Waals surface area contributed by atoms with Gasteiger partial charge in [0.1, 0.15) is 0 Å². The molecular formula is C15H19BrN2O4. The van der Waals surface area contributed by atoms with Crippen molar-refractivity contribution >= 4 is 27.7 Å². The Labute approximate surface area is 137 Å². The number of methoxy groups -OCH3 is 1. The SMILES string of the molecule is CCOc1c(Br)cc(C(=O)NNC(=O)[C@H]2C[C@H]2C)cc1OC. The van der Waals surface area contributed by atoms with Gasteiger partial charge in [-0.15, -0.1) is 0 Å². The zero-order chi connectivity index (χ0) is 16.3. The second kappa shape index (κ2) is 7.00. The van der Waals surface area contributed by atoms with Crippen LogP contribution in [0.1, 0.15) is 30.6 Å². The van der Waals surface area contributed by atoms with Gasteiger partial charge in [0.25, 0.3) is 5.91 Å². The fourth-order valence-electron chi connectivity index (χ4n) is 2.11. The van der Waals surface area contributed by atoms with Gasteiger partial charge in [-0.2, -0.15) is 0 Å². The van der Waals surface area contributed by atoms with Crippen molar-refractivity contribution in [1.29, 1.82) is 0 Å². The summed E-state index contributed by atoms with van der Waals surface area (Å²) >= 11 is 3.36. The maximum Gasteiger partial charge on any atom is 0.269 e. The van der Waals surface area contributed by atoms with Crippen LogP contribution in [0.25, 0.3) is 0 Å². The average Bonchev–Trinajstić information content (AvgIpc) is 3.23. The number of hydrogen-bond donors (Lipinski definition) is 2. The molecular weight excluding hydrogens is 352 g/mol. The third kappa shape index (κ3) is 3.71. The van der Waals surface area contributed by atoms with E-state index in [9.17, 15) is 9.59 Å². The van der Waals surface area contributed by atoms with Gasteiger partial charge in [-0.25, -0.2) is 0 Å². The van der Waals surface area contributed by atoms with E-state index in [4.69, 9.17) is 9.47 Å². The molecule has 2 N–H and O–H groups in total. The van der Waals surface area contributed by atoms with Crippen LogP contribution in [0.3, 0.4) is 0 Å². The maximum atomic E-state index is 12.1. The minimum atomic E-state index is -0.413. The summed E-state index contributed by atoms with van der Waals surface area (Å²) in [5.74, 6) is 0.806. The molecule has 0 bridgehead atoms. The number of hydrazine groups is 1. The molecule has 1 aliphatic rings. The van der Waals surface area contributed by atoms with Crippen molar-refractivity contribution in [3.63, 3.8) is 0 Å². The highest BCUT2D eigenvalue weighted by Gasteiger charge is 2.39. The molecule has 2 rings (SSSR count). The van der Waals surface area contributed by atoms with Crippen LogP contribution < -0.4 is 20.3 Å². The Morgan fingerprint density at radius 1 is 1.36 bits per heavy atom. The summed E-state index contributed by atoms with van der Waals surface area (Å²) in [5, 5.41) is 0. The molecule has 6 nitrogen and oxygen atoms in total. The summed E-state index contributed by atoms with van der Waals surface area (Å²) in [5.41, 5.74) is 5.22. The molecule has 1 aromatic rings. The van der Waals surface area contributed by atoms with Gasteiger partial charge in [0, 0.05) is 11.5 Å². The van der Waals surface area contributed by atoms with E-state index in [0.717, 1.165) is 6.42 Å². The van der Waals surface area contributed by atoms with Gasteiger partial charge in [0.2, 0.25) is 5.91 Å². The van der Waals surface area contributed by atoms with Crippen molar-refractivity contribution in [3.05, 3.63) is 22.2 Å². The number of carbonyl (C=O) groups is 2. The Hall–Kier alpha value is -1.76. The van der Waals surface area contributed by atoms with Gasteiger partial charge in [-0.05, 0) is 47.3 Å². The number of halogens is 1. The first kappa shape index (κ1) is 16.6. The average molecular weight is 371 g/mol. The van der Waals surface area contributed by atoms with Crippen LogP contribution in [0.15, 0.2) is 16.6 Å². The normalized spacial score (nSPS) is 19.3. The molecule has 0 unspecified atom stereocenters. The molecule has 0 heterocycles. The van der Waals surface area contributed by atoms with Crippen LogP contribution in [0.2, 0.25) is 0 Å². The standard InChI is InChI=1S/C15H19BrN2O4/c1-4-22-13-11(16)6-9(7-12(13)21-3)14(19)17-18-15(20)10-5-8(10)2/h6-8,10H,4-5H2,1-3H3,(H,17,19)(H,18,20)/t8-,10+/m1/s1.